The molecule has 0 N–H and O–H groups in total. The maximum atomic E-state index is 6.08. The van der Waals surface area contributed by atoms with Crippen LogP contribution in [0.1, 0.15) is 5.56 Å². The van der Waals surface area contributed by atoms with Crippen LogP contribution in [0.3, 0.4) is 0 Å². The van der Waals surface area contributed by atoms with E-state index in [0.717, 1.165) is 34.1 Å². The molecule has 0 aliphatic carbocycles. The van der Waals surface area contributed by atoms with Crippen molar-refractivity contribution in [2.24, 2.45) is 0 Å². The number of imidazole rings is 1. The minimum Gasteiger partial charge on any atom is -0.326 e. The molecule has 0 bridgehead atoms. The molecule has 0 fully saturated rings. The molecule has 1 aromatic heterocycles. The molecule has 3 aromatic carbocycles. The van der Waals surface area contributed by atoms with Crippen molar-refractivity contribution < 1.29 is 0 Å². The smallest absolute Gasteiger partial charge is 0.0963 e. The van der Waals surface area contributed by atoms with Crippen molar-refractivity contribution in [1.29, 1.82) is 0 Å². The standard InChI is InChI=1S/C22H17ClN2/c23-20-13-11-19(12-14-20)22-21(18-9-5-2-6-10-18)24-16-25(22)15-17-7-3-1-4-8-17/h1-14,16H,15H2. The Morgan fingerprint density at radius 2 is 1.36 bits per heavy atom. The fourth-order valence-electron chi connectivity index (χ4n) is 3.00. The summed E-state index contributed by atoms with van der Waals surface area (Å²) < 4.78 is 2.20. The van der Waals surface area contributed by atoms with Crippen LogP contribution in [-0.2, 0) is 6.54 Å². The van der Waals surface area contributed by atoms with E-state index >= 15 is 0 Å². The monoisotopic (exact) mass is 344 g/mol. The number of halogens is 1. The Labute approximate surface area is 152 Å². The number of benzene rings is 3. The zero-order chi connectivity index (χ0) is 17.1. The Kier molecular flexibility index (Phi) is 4.36. The van der Waals surface area contributed by atoms with Crippen molar-refractivity contribution >= 4 is 11.6 Å². The first-order chi connectivity index (χ1) is 12.3. The number of aromatic nitrogens is 2. The lowest BCUT2D eigenvalue weighted by Gasteiger charge is -2.11. The fraction of sp³-hybridized carbons (Fsp3) is 0.0455. The van der Waals surface area contributed by atoms with Gasteiger partial charge in [-0.05, 0) is 17.7 Å². The van der Waals surface area contributed by atoms with Gasteiger partial charge in [0.15, 0.2) is 0 Å². The van der Waals surface area contributed by atoms with Gasteiger partial charge in [0.25, 0.3) is 0 Å². The summed E-state index contributed by atoms with van der Waals surface area (Å²) in [6.07, 6.45) is 1.92. The predicted octanol–water partition coefficient (Wildman–Crippen LogP) is 5.92. The van der Waals surface area contributed by atoms with Gasteiger partial charge in [0.2, 0.25) is 0 Å². The molecule has 4 rings (SSSR count). The maximum absolute atomic E-state index is 6.08. The Morgan fingerprint density at radius 1 is 0.720 bits per heavy atom. The third-order valence-electron chi connectivity index (χ3n) is 4.20. The Bertz CT molecular complexity index is 958. The average molecular weight is 345 g/mol. The van der Waals surface area contributed by atoms with Crippen LogP contribution >= 0.6 is 11.6 Å². The molecule has 0 spiro atoms. The average Bonchev–Trinajstić information content (AvgIpc) is 3.07. The van der Waals surface area contributed by atoms with Gasteiger partial charge in [-0.1, -0.05) is 84.4 Å². The lowest BCUT2D eigenvalue weighted by atomic mass is 10.0. The molecule has 0 atom stereocenters. The quantitative estimate of drug-likeness (QED) is 0.449. The Hall–Kier alpha value is -2.84. The second kappa shape index (κ2) is 6.96. The van der Waals surface area contributed by atoms with Crippen LogP contribution in [0.4, 0.5) is 0 Å². The molecule has 0 unspecified atom stereocenters. The first-order valence-electron chi connectivity index (χ1n) is 8.22. The SMILES string of the molecule is Clc1ccc(-c2c(-c3ccccc3)ncn2Cc2ccccc2)cc1. The zero-order valence-corrected chi connectivity index (χ0v) is 14.4. The predicted molar refractivity (Wildman–Crippen MR) is 104 cm³/mol. The van der Waals surface area contributed by atoms with E-state index in [4.69, 9.17) is 16.6 Å². The summed E-state index contributed by atoms with van der Waals surface area (Å²) in [7, 11) is 0. The number of nitrogens with zero attached hydrogens (tertiary/aromatic N) is 2. The van der Waals surface area contributed by atoms with Gasteiger partial charge < -0.3 is 4.57 Å². The van der Waals surface area contributed by atoms with Crippen molar-refractivity contribution in [3.8, 4) is 22.5 Å². The van der Waals surface area contributed by atoms with E-state index < -0.39 is 0 Å². The van der Waals surface area contributed by atoms with Crippen molar-refractivity contribution in [2.45, 2.75) is 6.54 Å². The second-order valence-corrected chi connectivity index (χ2v) is 6.36. The summed E-state index contributed by atoms with van der Waals surface area (Å²) in [5, 5.41) is 0.735. The van der Waals surface area contributed by atoms with E-state index in [2.05, 4.69) is 41.0 Å². The van der Waals surface area contributed by atoms with Crippen LogP contribution in [0.5, 0.6) is 0 Å². The van der Waals surface area contributed by atoms with Crippen molar-refractivity contribution in [1.82, 2.24) is 9.55 Å². The van der Waals surface area contributed by atoms with Gasteiger partial charge in [-0.3, -0.25) is 0 Å². The molecule has 2 nitrogen and oxygen atoms in total. The van der Waals surface area contributed by atoms with Gasteiger partial charge in [-0.15, -0.1) is 0 Å². The third kappa shape index (κ3) is 3.35. The highest BCUT2D eigenvalue weighted by atomic mass is 35.5. The summed E-state index contributed by atoms with van der Waals surface area (Å²) in [5.74, 6) is 0. The number of hydrogen-bond donors (Lipinski definition) is 0. The molecule has 122 valence electrons. The summed E-state index contributed by atoms with van der Waals surface area (Å²) in [4.78, 5) is 4.71. The van der Waals surface area contributed by atoms with Crippen LogP contribution < -0.4 is 0 Å². The first-order valence-corrected chi connectivity index (χ1v) is 8.59. The third-order valence-corrected chi connectivity index (χ3v) is 4.45. The van der Waals surface area contributed by atoms with Crippen LogP contribution in [0, 0.1) is 0 Å². The van der Waals surface area contributed by atoms with E-state index in [-0.39, 0.29) is 0 Å². The molecule has 4 aromatic rings. The molecule has 0 aliphatic rings. The van der Waals surface area contributed by atoms with Gasteiger partial charge in [-0.2, -0.15) is 0 Å². The largest absolute Gasteiger partial charge is 0.326 e. The molecule has 0 saturated carbocycles. The topological polar surface area (TPSA) is 17.8 Å². The number of hydrogen-bond acceptors (Lipinski definition) is 1. The van der Waals surface area contributed by atoms with E-state index in [9.17, 15) is 0 Å². The van der Waals surface area contributed by atoms with Gasteiger partial charge >= 0.3 is 0 Å². The lowest BCUT2D eigenvalue weighted by Crippen LogP contribution is -2.00. The minimum absolute atomic E-state index is 0.735. The highest BCUT2D eigenvalue weighted by Gasteiger charge is 2.15. The normalized spacial score (nSPS) is 10.8. The number of rotatable bonds is 4. The summed E-state index contributed by atoms with van der Waals surface area (Å²) in [5.41, 5.74) is 5.55. The summed E-state index contributed by atoms with van der Waals surface area (Å²) in [6.45, 7) is 0.776. The van der Waals surface area contributed by atoms with Gasteiger partial charge in [0, 0.05) is 22.7 Å². The van der Waals surface area contributed by atoms with E-state index in [0.29, 0.717) is 0 Å². The summed E-state index contributed by atoms with van der Waals surface area (Å²) >= 11 is 6.08. The summed E-state index contributed by atoms with van der Waals surface area (Å²) in [6, 6.07) is 28.6. The molecule has 0 amide bonds. The lowest BCUT2D eigenvalue weighted by molar-refractivity contribution is 0.805. The fourth-order valence-corrected chi connectivity index (χ4v) is 3.13. The van der Waals surface area contributed by atoms with Crippen molar-refractivity contribution in [2.75, 3.05) is 0 Å². The molecule has 25 heavy (non-hydrogen) atoms. The molecular weight excluding hydrogens is 328 g/mol. The van der Waals surface area contributed by atoms with E-state index in [1.165, 1.54) is 5.56 Å². The zero-order valence-electron chi connectivity index (χ0n) is 13.6. The molecule has 0 saturated heterocycles. The molecule has 0 radical (unpaired) electrons. The van der Waals surface area contributed by atoms with E-state index in [1.54, 1.807) is 0 Å². The molecule has 0 aliphatic heterocycles. The minimum atomic E-state index is 0.735. The van der Waals surface area contributed by atoms with Gasteiger partial charge in [0.1, 0.15) is 0 Å². The molecular formula is C22H17ClN2. The first kappa shape index (κ1) is 15.7. The van der Waals surface area contributed by atoms with E-state index in [1.807, 2.05) is 54.9 Å². The highest BCUT2D eigenvalue weighted by Crippen LogP contribution is 2.32. The van der Waals surface area contributed by atoms with Crippen molar-refractivity contribution in [3.05, 3.63) is 102 Å². The Balaban J connectivity index is 1.84. The van der Waals surface area contributed by atoms with Crippen LogP contribution in [-0.4, -0.2) is 9.55 Å². The van der Waals surface area contributed by atoms with Crippen LogP contribution in [0.2, 0.25) is 5.02 Å². The highest BCUT2D eigenvalue weighted by molar-refractivity contribution is 6.30. The van der Waals surface area contributed by atoms with Gasteiger partial charge in [-0.25, -0.2) is 4.98 Å². The van der Waals surface area contributed by atoms with Crippen LogP contribution in [0.15, 0.2) is 91.3 Å². The van der Waals surface area contributed by atoms with Crippen LogP contribution in [0.25, 0.3) is 22.5 Å². The molecule has 3 heteroatoms. The second-order valence-electron chi connectivity index (χ2n) is 5.93. The Morgan fingerprint density at radius 3 is 2.04 bits per heavy atom. The van der Waals surface area contributed by atoms with Gasteiger partial charge in [0.05, 0.1) is 17.7 Å². The van der Waals surface area contributed by atoms with Crippen molar-refractivity contribution in [3.63, 3.8) is 0 Å². The molecule has 1 heterocycles. The maximum Gasteiger partial charge on any atom is 0.0963 e.